The van der Waals surface area contributed by atoms with E-state index in [-0.39, 0.29) is 6.04 Å². The monoisotopic (exact) mass is 268 g/mol. The summed E-state index contributed by atoms with van der Waals surface area (Å²) < 4.78 is 2.73. The van der Waals surface area contributed by atoms with Crippen LogP contribution in [0.1, 0.15) is 12.7 Å². The topological polar surface area (TPSA) is 69.3 Å². The first-order valence-corrected chi connectivity index (χ1v) is 5.56. The Morgan fingerprint density at radius 1 is 1.53 bits per heavy atom. The minimum Gasteiger partial charge on any atom is -0.385 e. The van der Waals surface area contributed by atoms with Gasteiger partial charge in [-0.3, -0.25) is 4.40 Å². The van der Waals surface area contributed by atoms with Gasteiger partial charge < -0.3 is 11.5 Å². The largest absolute Gasteiger partial charge is 0.385 e. The summed E-state index contributed by atoms with van der Waals surface area (Å²) >= 11 is 3.41. The summed E-state index contributed by atoms with van der Waals surface area (Å²) in [5.74, 6) is 1.58. The molecule has 1 atom stereocenters. The number of nitrogens with zero attached hydrogens (tertiary/aromatic N) is 2. The van der Waals surface area contributed by atoms with Crippen molar-refractivity contribution in [2.75, 3.05) is 5.73 Å². The van der Waals surface area contributed by atoms with Gasteiger partial charge in [0.25, 0.3) is 0 Å². The zero-order valence-electron chi connectivity index (χ0n) is 8.44. The van der Waals surface area contributed by atoms with E-state index in [0.29, 0.717) is 12.2 Å². The molecule has 2 rings (SSSR count). The van der Waals surface area contributed by atoms with Crippen LogP contribution in [-0.2, 0) is 6.42 Å². The fourth-order valence-corrected chi connectivity index (χ4v) is 2.13. The van der Waals surface area contributed by atoms with Gasteiger partial charge in [0.2, 0.25) is 0 Å². The molecule has 0 spiro atoms. The van der Waals surface area contributed by atoms with Crippen molar-refractivity contribution in [3.63, 3.8) is 0 Å². The van der Waals surface area contributed by atoms with Crippen LogP contribution in [-0.4, -0.2) is 15.4 Å². The Bertz CT molecular complexity index is 489. The highest BCUT2D eigenvalue weighted by Gasteiger charge is 2.11. The molecule has 0 fully saturated rings. The van der Waals surface area contributed by atoms with Crippen LogP contribution in [0.2, 0.25) is 0 Å². The summed E-state index contributed by atoms with van der Waals surface area (Å²) in [7, 11) is 0. The van der Waals surface area contributed by atoms with Crippen LogP contribution in [0.5, 0.6) is 0 Å². The lowest BCUT2D eigenvalue weighted by Crippen LogP contribution is -2.19. The van der Waals surface area contributed by atoms with E-state index in [1.54, 1.807) is 0 Å². The van der Waals surface area contributed by atoms with Crippen molar-refractivity contribution >= 4 is 27.3 Å². The van der Waals surface area contributed by atoms with E-state index in [1.165, 1.54) is 0 Å². The molecule has 0 aromatic carbocycles. The number of pyridine rings is 1. The molecule has 4 N–H and O–H groups in total. The zero-order valence-corrected chi connectivity index (χ0v) is 10.0. The van der Waals surface area contributed by atoms with E-state index in [2.05, 4.69) is 20.9 Å². The van der Waals surface area contributed by atoms with Gasteiger partial charge in [-0.05, 0) is 35.0 Å². The highest BCUT2D eigenvalue weighted by atomic mass is 79.9. The van der Waals surface area contributed by atoms with Crippen molar-refractivity contribution in [2.24, 2.45) is 5.73 Å². The number of fused-ring (bicyclic) bond motifs is 1. The molecule has 5 heteroatoms. The van der Waals surface area contributed by atoms with Gasteiger partial charge >= 0.3 is 0 Å². The predicted molar refractivity (Wildman–Crippen MR) is 64.7 cm³/mol. The third kappa shape index (κ3) is 1.85. The molecule has 2 aromatic rings. The van der Waals surface area contributed by atoms with Crippen molar-refractivity contribution in [1.29, 1.82) is 0 Å². The molecular formula is C10H13BrN4. The highest BCUT2D eigenvalue weighted by Crippen LogP contribution is 2.22. The maximum atomic E-state index is 5.91. The lowest BCUT2D eigenvalue weighted by Gasteiger charge is -2.06. The fourth-order valence-electron chi connectivity index (χ4n) is 1.62. The maximum absolute atomic E-state index is 5.91. The van der Waals surface area contributed by atoms with Crippen LogP contribution in [0.25, 0.3) is 5.52 Å². The van der Waals surface area contributed by atoms with Gasteiger partial charge in [-0.2, -0.15) is 0 Å². The number of imidazole rings is 1. The first-order valence-electron chi connectivity index (χ1n) is 4.76. The quantitative estimate of drug-likeness (QED) is 0.869. The first kappa shape index (κ1) is 10.4. The fraction of sp³-hybridized carbons (Fsp3) is 0.300. The number of nitrogens with two attached hydrogens (primary N) is 2. The Labute approximate surface area is 96.4 Å². The van der Waals surface area contributed by atoms with E-state index >= 15 is 0 Å². The second kappa shape index (κ2) is 3.83. The van der Waals surface area contributed by atoms with E-state index < -0.39 is 0 Å². The van der Waals surface area contributed by atoms with Crippen LogP contribution in [0.15, 0.2) is 22.8 Å². The van der Waals surface area contributed by atoms with E-state index in [0.717, 1.165) is 15.9 Å². The SMILES string of the molecule is CC(N)Cc1nc(Br)c2cccc(N)n12. The van der Waals surface area contributed by atoms with Crippen LogP contribution >= 0.6 is 15.9 Å². The number of rotatable bonds is 2. The zero-order chi connectivity index (χ0) is 11.0. The number of hydrogen-bond donors (Lipinski definition) is 2. The molecule has 0 aliphatic rings. The van der Waals surface area contributed by atoms with Crippen LogP contribution in [0.3, 0.4) is 0 Å². The van der Waals surface area contributed by atoms with Gasteiger partial charge in [-0.25, -0.2) is 4.98 Å². The smallest absolute Gasteiger partial charge is 0.132 e. The molecule has 0 saturated carbocycles. The van der Waals surface area contributed by atoms with Crippen LogP contribution in [0.4, 0.5) is 5.82 Å². The third-order valence-electron chi connectivity index (χ3n) is 2.22. The minimum atomic E-state index is 0.0714. The Balaban J connectivity index is 2.65. The lowest BCUT2D eigenvalue weighted by molar-refractivity contribution is 0.700. The molecular weight excluding hydrogens is 256 g/mol. The molecule has 0 bridgehead atoms. The van der Waals surface area contributed by atoms with Crippen molar-refractivity contribution in [3.8, 4) is 0 Å². The standard InChI is InChI=1S/C10H13BrN4/c1-6(12)5-9-14-10(11)7-3-2-4-8(13)15(7)9/h2-4,6H,5,12-13H2,1H3. The Morgan fingerprint density at radius 3 is 2.93 bits per heavy atom. The molecule has 2 aromatic heterocycles. The summed E-state index contributed by atoms with van der Waals surface area (Å²) in [5, 5.41) is 0. The van der Waals surface area contributed by atoms with Gasteiger partial charge in [0, 0.05) is 12.5 Å². The number of nitrogen functional groups attached to an aromatic ring is 1. The number of aromatic nitrogens is 2. The molecule has 0 radical (unpaired) electrons. The lowest BCUT2D eigenvalue weighted by atomic mass is 10.2. The minimum absolute atomic E-state index is 0.0714. The van der Waals surface area contributed by atoms with Gasteiger partial charge in [-0.15, -0.1) is 0 Å². The van der Waals surface area contributed by atoms with E-state index in [1.807, 2.05) is 29.5 Å². The molecule has 1 unspecified atom stereocenters. The third-order valence-corrected chi connectivity index (χ3v) is 2.80. The van der Waals surface area contributed by atoms with Gasteiger partial charge in [0.1, 0.15) is 16.2 Å². The van der Waals surface area contributed by atoms with E-state index in [9.17, 15) is 0 Å². The second-order valence-electron chi connectivity index (χ2n) is 3.67. The number of anilines is 1. The molecule has 0 aliphatic carbocycles. The second-order valence-corrected chi connectivity index (χ2v) is 4.42. The molecule has 15 heavy (non-hydrogen) atoms. The summed E-state index contributed by atoms with van der Waals surface area (Å²) in [6.45, 7) is 1.95. The normalized spacial score (nSPS) is 13.3. The number of halogens is 1. The average molecular weight is 269 g/mol. The molecule has 0 aliphatic heterocycles. The Morgan fingerprint density at radius 2 is 2.27 bits per heavy atom. The van der Waals surface area contributed by atoms with Gasteiger partial charge in [-0.1, -0.05) is 6.07 Å². The molecule has 80 valence electrons. The molecule has 4 nitrogen and oxygen atoms in total. The van der Waals surface area contributed by atoms with Crippen molar-refractivity contribution < 1.29 is 0 Å². The Kier molecular flexibility index (Phi) is 2.67. The van der Waals surface area contributed by atoms with E-state index in [4.69, 9.17) is 11.5 Å². The highest BCUT2D eigenvalue weighted by molar-refractivity contribution is 9.10. The summed E-state index contributed by atoms with van der Waals surface area (Å²) in [5.41, 5.74) is 12.7. The van der Waals surface area contributed by atoms with Crippen LogP contribution in [0, 0.1) is 0 Å². The first-order chi connectivity index (χ1) is 7.09. The summed E-state index contributed by atoms with van der Waals surface area (Å²) in [4.78, 5) is 4.41. The summed E-state index contributed by atoms with van der Waals surface area (Å²) in [6.07, 6.45) is 0.709. The maximum Gasteiger partial charge on any atom is 0.132 e. The van der Waals surface area contributed by atoms with Gasteiger partial charge in [0.05, 0.1) is 5.52 Å². The van der Waals surface area contributed by atoms with Crippen molar-refractivity contribution in [3.05, 3.63) is 28.6 Å². The predicted octanol–water partition coefficient (Wildman–Crippen LogP) is 1.57. The van der Waals surface area contributed by atoms with Crippen molar-refractivity contribution in [1.82, 2.24) is 9.38 Å². The average Bonchev–Trinajstić information content (AvgIpc) is 2.44. The van der Waals surface area contributed by atoms with Gasteiger partial charge in [0.15, 0.2) is 0 Å². The van der Waals surface area contributed by atoms with Crippen molar-refractivity contribution in [2.45, 2.75) is 19.4 Å². The Hall–Kier alpha value is -1.07. The molecule has 2 heterocycles. The molecule has 0 amide bonds. The van der Waals surface area contributed by atoms with Crippen LogP contribution < -0.4 is 11.5 Å². The summed E-state index contributed by atoms with van der Waals surface area (Å²) in [6, 6.07) is 5.80. The molecule has 0 saturated heterocycles. The number of hydrogen-bond acceptors (Lipinski definition) is 3.